The minimum Gasteiger partial charge on any atom is -0.481 e. The average molecular weight is 235 g/mol. The summed E-state index contributed by atoms with van der Waals surface area (Å²) in [5.74, 6) is -0.498. The molecule has 0 bridgehead atoms. The standard InChI is InChI=1S/C9H17NO4S/c1-10(7-8-4-5-8)15(13,14)6-2-3-9(11)12/h8H,2-7H2,1H3,(H,11,12). The van der Waals surface area contributed by atoms with E-state index < -0.39 is 16.0 Å². The molecule has 0 amide bonds. The molecule has 0 aromatic heterocycles. The predicted molar refractivity (Wildman–Crippen MR) is 56.0 cm³/mol. The van der Waals surface area contributed by atoms with E-state index in [0.29, 0.717) is 12.5 Å². The van der Waals surface area contributed by atoms with Crippen LogP contribution in [0.5, 0.6) is 0 Å². The zero-order valence-corrected chi connectivity index (χ0v) is 9.66. The van der Waals surface area contributed by atoms with Gasteiger partial charge in [0.1, 0.15) is 0 Å². The molecule has 1 fully saturated rings. The Morgan fingerprint density at radius 2 is 2.07 bits per heavy atom. The van der Waals surface area contributed by atoms with Crippen molar-refractivity contribution >= 4 is 16.0 Å². The summed E-state index contributed by atoms with van der Waals surface area (Å²) in [6, 6.07) is 0. The number of carbonyl (C=O) groups is 1. The molecule has 0 aromatic carbocycles. The highest BCUT2D eigenvalue weighted by Gasteiger charge is 2.27. The van der Waals surface area contributed by atoms with E-state index in [4.69, 9.17) is 5.11 Å². The van der Waals surface area contributed by atoms with Crippen molar-refractivity contribution in [1.82, 2.24) is 4.31 Å². The number of sulfonamides is 1. The van der Waals surface area contributed by atoms with Crippen molar-refractivity contribution in [2.45, 2.75) is 25.7 Å². The van der Waals surface area contributed by atoms with Crippen LogP contribution in [0.2, 0.25) is 0 Å². The summed E-state index contributed by atoms with van der Waals surface area (Å²) in [6.45, 7) is 0.579. The van der Waals surface area contributed by atoms with Gasteiger partial charge in [0.05, 0.1) is 5.75 Å². The van der Waals surface area contributed by atoms with Crippen molar-refractivity contribution < 1.29 is 18.3 Å². The first kappa shape index (κ1) is 12.4. The molecule has 0 saturated heterocycles. The van der Waals surface area contributed by atoms with Gasteiger partial charge in [-0.2, -0.15) is 0 Å². The fourth-order valence-electron chi connectivity index (χ4n) is 1.34. The zero-order chi connectivity index (χ0) is 11.5. The topological polar surface area (TPSA) is 74.7 Å². The first-order valence-corrected chi connectivity index (χ1v) is 6.68. The van der Waals surface area contributed by atoms with Gasteiger partial charge in [0.15, 0.2) is 0 Å². The Balaban J connectivity index is 2.32. The molecular weight excluding hydrogens is 218 g/mol. The highest BCUT2D eigenvalue weighted by Crippen LogP contribution is 2.30. The van der Waals surface area contributed by atoms with Crippen LogP contribution in [-0.2, 0) is 14.8 Å². The maximum atomic E-state index is 11.6. The number of hydrogen-bond donors (Lipinski definition) is 1. The van der Waals surface area contributed by atoms with E-state index in [-0.39, 0.29) is 18.6 Å². The molecule has 15 heavy (non-hydrogen) atoms. The lowest BCUT2D eigenvalue weighted by Crippen LogP contribution is -2.31. The summed E-state index contributed by atoms with van der Waals surface area (Å²) in [4.78, 5) is 10.2. The van der Waals surface area contributed by atoms with Crippen LogP contribution in [0.4, 0.5) is 0 Å². The van der Waals surface area contributed by atoms with Gasteiger partial charge in [0.25, 0.3) is 0 Å². The largest absolute Gasteiger partial charge is 0.481 e. The van der Waals surface area contributed by atoms with Gasteiger partial charge in [-0.15, -0.1) is 0 Å². The lowest BCUT2D eigenvalue weighted by atomic mass is 10.3. The third-order valence-corrected chi connectivity index (χ3v) is 4.38. The average Bonchev–Trinajstić information content (AvgIpc) is 2.86. The van der Waals surface area contributed by atoms with Crippen LogP contribution < -0.4 is 0 Å². The minimum atomic E-state index is -3.24. The third-order valence-electron chi connectivity index (χ3n) is 2.48. The molecule has 0 aliphatic heterocycles. The second kappa shape index (κ2) is 4.94. The van der Waals surface area contributed by atoms with E-state index in [2.05, 4.69) is 0 Å². The molecular formula is C9H17NO4S. The molecule has 1 aliphatic carbocycles. The summed E-state index contributed by atoms with van der Waals surface area (Å²) < 4.78 is 24.6. The molecule has 5 nitrogen and oxygen atoms in total. The molecule has 0 aromatic rings. The second-order valence-corrected chi connectivity index (χ2v) is 6.23. The first-order chi connectivity index (χ1) is 6.92. The summed E-state index contributed by atoms with van der Waals surface area (Å²) in [5.41, 5.74) is 0. The normalized spacial score (nSPS) is 16.9. The minimum absolute atomic E-state index is 0.0669. The van der Waals surface area contributed by atoms with Gasteiger partial charge in [0, 0.05) is 20.0 Å². The van der Waals surface area contributed by atoms with E-state index in [1.165, 1.54) is 4.31 Å². The summed E-state index contributed by atoms with van der Waals surface area (Å²) in [6.07, 6.45) is 2.31. The molecule has 1 saturated carbocycles. The van der Waals surface area contributed by atoms with Crippen molar-refractivity contribution in [2.75, 3.05) is 19.3 Å². The molecule has 88 valence electrons. The Morgan fingerprint density at radius 3 is 2.53 bits per heavy atom. The highest BCUT2D eigenvalue weighted by molar-refractivity contribution is 7.89. The lowest BCUT2D eigenvalue weighted by Gasteiger charge is -2.16. The summed E-state index contributed by atoms with van der Waals surface area (Å²) in [5, 5.41) is 8.40. The molecule has 0 spiro atoms. The number of aliphatic carboxylic acids is 1. The molecule has 1 N–H and O–H groups in total. The van der Waals surface area contributed by atoms with Crippen molar-refractivity contribution in [3.8, 4) is 0 Å². The number of carboxylic acids is 1. The smallest absolute Gasteiger partial charge is 0.303 e. The van der Waals surface area contributed by atoms with Crippen LogP contribution in [0.15, 0.2) is 0 Å². The number of rotatable bonds is 7. The van der Waals surface area contributed by atoms with Crippen molar-refractivity contribution in [1.29, 1.82) is 0 Å². The quantitative estimate of drug-likeness (QED) is 0.698. The van der Waals surface area contributed by atoms with Gasteiger partial charge in [0.2, 0.25) is 10.0 Å². The Labute approximate surface area is 90.1 Å². The molecule has 6 heteroatoms. The Kier molecular flexibility index (Phi) is 4.10. The lowest BCUT2D eigenvalue weighted by molar-refractivity contribution is -0.137. The predicted octanol–water partition coefficient (Wildman–Crippen LogP) is 0.523. The van der Waals surface area contributed by atoms with E-state index in [9.17, 15) is 13.2 Å². The van der Waals surface area contributed by atoms with Gasteiger partial charge in [-0.1, -0.05) is 0 Å². The van der Waals surface area contributed by atoms with Crippen molar-refractivity contribution in [3.63, 3.8) is 0 Å². The highest BCUT2D eigenvalue weighted by atomic mass is 32.2. The van der Waals surface area contributed by atoms with Gasteiger partial charge >= 0.3 is 5.97 Å². The fraction of sp³-hybridized carbons (Fsp3) is 0.889. The van der Waals surface area contributed by atoms with E-state index in [0.717, 1.165) is 12.8 Å². The molecule has 0 unspecified atom stereocenters. The zero-order valence-electron chi connectivity index (χ0n) is 8.85. The van der Waals surface area contributed by atoms with E-state index in [1.807, 2.05) is 0 Å². The molecule has 0 atom stereocenters. The van der Waals surface area contributed by atoms with Crippen molar-refractivity contribution in [2.24, 2.45) is 5.92 Å². The first-order valence-electron chi connectivity index (χ1n) is 5.07. The Morgan fingerprint density at radius 1 is 1.47 bits per heavy atom. The maximum Gasteiger partial charge on any atom is 0.303 e. The van der Waals surface area contributed by atoms with Gasteiger partial charge < -0.3 is 5.11 Å². The monoisotopic (exact) mass is 235 g/mol. The van der Waals surface area contributed by atoms with Crippen LogP contribution >= 0.6 is 0 Å². The van der Waals surface area contributed by atoms with E-state index >= 15 is 0 Å². The van der Waals surface area contributed by atoms with Crippen LogP contribution in [-0.4, -0.2) is 43.1 Å². The van der Waals surface area contributed by atoms with Crippen LogP contribution in [0, 0.1) is 5.92 Å². The SMILES string of the molecule is CN(CC1CC1)S(=O)(=O)CCCC(=O)O. The van der Waals surface area contributed by atoms with Crippen molar-refractivity contribution in [3.05, 3.63) is 0 Å². The Hall–Kier alpha value is -0.620. The summed E-state index contributed by atoms with van der Waals surface area (Å²) >= 11 is 0. The van der Waals surface area contributed by atoms with Crippen LogP contribution in [0.25, 0.3) is 0 Å². The number of nitrogens with zero attached hydrogens (tertiary/aromatic N) is 1. The number of carboxylic acid groups (broad SMARTS) is 1. The van der Waals surface area contributed by atoms with E-state index in [1.54, 1.807) is 7.05 Å². The Bertz CT molecular complexity index is 321. The van der Waals surface area contributed by atoms with Crippen LogP contribution in [0.1, 0.15) is 25.7 Å². The van der Waals surface area contributed by atoms with Gasteiger partial charge in [-0.25, -0.2) is 12.7 Å². The number of hydrogen-bond acceptors (Lipinski definition) is 3. The molecule has 0 radical (unpaired) electrons. The van der Waals surface area contributed by atoms with Gasteiger partial charge in [-0.05, 0) is 25.2 Å². The molecule has 1 rings (SSSR count). The maximum absolute atomic E-state index is 11.6. The van der Waals surface area contributed by atoms with Gasteiger partial charge in [-0.3, -0.25) is 4.79 Å². The molecule has 1 aliphatic rings. The third kappa shape index (κ3) is 4.61. The fourth-order valence-corrected chi connectivity index (χ4v) is 2.60. The molecule has 0 heterocycles. The second-order valence-electron chi connectivity index (χ2n) is 4.04. The van der Waals surface area contributed by atoms with Crippen LogP contribution in [0.3, 0.4) is 0 Å². The summed E-state index contributed by atoms with van der Waals surface area (Å²) in [7, 11) is -1.68.